The normalized spacial score (nSPS) is 29.1. The van der Waals surface area contributed by atoms with Crippen LogP contribution >= 0.6 is 0 Å². The third kappa shape index (κ3) is 5.36. The van der Waals surface area contributed by atoms with E-state index in [-0.39, 0.29) is 24.2 Å². The highest BCUT2D eigenvalue weighted by molar-refractivity contribution is 5.46. The molecule has 0 radical (unpaired) electrons. The van der Waals surface area contributed by atoms with E-state index in [1.807, 2.05) is 9.80 Å². The summed E-state index contributed by atoms with van der Waals surface area (Å²) in [5.74, 6) is 1.67. The minimum atomic E-state index is -0.000513. The van der Waals surface area contributed by atoms with Gasteiger partial charge in [0.15, 0.2) is 0 Å². The zero-order valence-corrected chi connectivity index (χ0v) is 15.8. The second-order valence-electron chi connectivity index (χ2n) is 7.65. The van der Waals surface area contributed by atoms with Crippen molar-refractivity contribution in [2.75, 3.05) is 54.4 Å². The number of nitrogens with zero attached hydrogens (tertiary/aromatic N) is 5. The molecule has 0 unspecified atom stereocenters. The molecule has 2 saturated heterocycles. The van der Waals surface area contributed by atoms with Crippen molar-refractivity contribution in [1.29, 1.82) is 0 Å². The van der Waals surface area contributed by atoms with E-state index >= 15 is 0 Å². The molecule has 2 aliphatic rings. The molecule has 0 saturated carbocycles. The molecule has 1 aromatic heterocycles. The van der Waals surface area contributed by atoms with Gasteiger partial charge in [0.25, 0.3) is 0 Å². The van der Waals surface area contributed by atoms with Crippen LogP contribution in [-0.2, 0) is 0 Å². The van der Waals surface area contributed by atoms with Crippen LogP contribution in [0, 0.1) is 0 Å². The lowest BCUT2D eigenvalue weighted by atomic mass is 10.0. The SMILES string of the molecule is NCCCNc1nc(N2C[C@H](N)C[C@H](N)C2)nc(N2C[C@H](N)C[C@H](N)C2)n1. The topological polar surface area (TPSA) is 187 Å². The van der Waals surface area contributed by atoms with Crippen molar-refractivity contribution in [3.8, 4) is 0 Å². The molecule has 3 heterocycles. The number of nitrogens with two attached hydrogens (primary N) is 5. The Hall–Kier alpha value is -1.79. The van der Waals surface area contributed by atoms with E-state index in [9.17, 15) is 0 Å². The van der Waals surface area contributed by atoms with Gasteiger partial charge in [0.05, 0.1) is 0 Å². The fourth-order valence-electron chi connectivity index (χ4n) is 3.70. The summed E-state index contributed by atoms with van der Waals surface area (Å²) < 4.78 is 0. The van der Waals surface area contributed by atoms with Gasteiger partial charge < -0.3 is 43.8 Å². The maximum absolute atomic E-state index is 6.14. The van der Waals surface area contributed by atoms with Crippen LogP contribution in [0.1, 0.15) is 19.3 Å². The zero-order chi connectivity index (χ0) is 19.4. The fourth-order valence-corrected chi connectivity index (χ4v) is 3.70. The maximum Gasteiger partial charge on any atom is 0.232 e. The van der Waals surface area contributed by atoms with E-state index in [2.05, 4.69) is 20.3 Å². The third-order valence-corrected chi connectivity index (χ3v) is 4.87. The monoisotopic (exact) mass is 379 g/mol. The minimum absolute atomic E-state index is 0.000513. The molecule has 0 spiro atoms. The standard InChI is InChI=1S/C16H33N11/c17-2-1-3-22-14-23-15(26-6-10(18)4-11(19)7-26)25-16(24-14)27-8-12(20)5-13(21)9-27/h10-13H,1-9,17-21H2,(H,22,23,24,25)/t10-,11+,12-,13+. The summed E-state index contributed by atoms with van der Waals surface area (Å²) in [6.45, 7) is 3.95. The van der Waals surface area contributed by atoms with Crippen LogP contribution in [0.3, 0.4) is 0 Å². The Morgan fingerprint density at radius 2 is 1.22 bits per heavy atom. The Morgan fingerprint density at radius 1 is 0.778 bits per heavy atom. The van der Waals surface area contributed by atoms with Gasteiger partial charge in [0.2, 0.25) is 17.8 Å². The molecular weight excluding hydrogens is 346 g/mol. The molecule has 0 bridgehead atoms. The fraction of sp³-hybridized carbons (Fsp3) is 0.812. The lowest BCUT2D eigenvalue weighted by Gasteiger charge is -2.37. The summed E-state index contributed by atoms with van der Waals surface area (Å²) >= 11 is 0. The molecule has 1 aromatic rings. The van der Waals surface area contributed by atoms with Crippen molar-refractivity contribution in [3.63, 3.8) is 0 Å². The molecule has 27 heavy (non-hydrogen) atoms. The average molecular weight is 380 g/mol. The molecule has 3 rings (SSSR count). The van der Waals surface area contributed by atoms with Gasteiger partial charge in [-0.1, -0.05) is 0 Å². The molecule has 152 valence electrons. The van der Waals surface area contributed by atoms with E-state index in [1.165, 1.54) is 0 Å². The zero-order valence-electron chi connectivity index (χ0n) is 15.8. The van der Waals surface area contributed by atoms with Gasteiger partial charge in [-0.2, -0.15) is 15.0 Å². The van der Waals surface area contributed by atoms with Crippen molar-refractivity contribution in [2.24, 2.45) is 28.7 Å². The Labute approximate surface area is 160 Å². The molecule has 2 aliphatic heterocycles. The molecule has 4 atom stereocenters. The smallest absolute Gasteiger partial charge is 0.232 e. The van der Waals surface area contributed by atoms with Gasteiger partial charge in [-0.15, -0.1) is 0 Å². The first-order valence-electron chi connectivity index (χ1n) is 9.66. The molecule has 11 heteroatoms. The average Bonchev–Trinajstić information content (AvgIpc) is 2.60. The molecule has 2 fully saturated rings. The largest absolute Gasteiger partial charge is 0.354 e. The van der Waals surface area contributed by atoms with Gasteiger partial charge in [0, 0.05) is 56.9 Å². The highest BCUT2D eigenvalue weighted by Crippen LogP contribution is 2.22. The quantitative estimate of drug-likeness (QED) is 0.283. The Kier molecular flexibility index (Phi) is 6.60. The summed E-state index contributed by atoms with van der Waals surface area (Å²) in [5, 5.41) is 3.23. The maximum atomic E-state index is 6.14. The highest BCUT2D eigenvalue weighted by Gasteiger charge is 2.28. The molecule has 0 amide bonds. The predicted molar refractivity (Wildman–Crippen MR) is 108 cm³/mol. The van der Waals surface area contributed by atoms with Crippen molar-refractivity contribution in [3.05, 3.63) is 0 Å². The molecule has 0 aliphatic carbocycles. The number of hydrogen-bond donors (Lipinski definition) is 6. The van der Waals surface area contributed by atoms with E-state index in [1.54, 1.807) is 0 Å². The number of hydrogen-bond acceptors (Lipinski definition) is 11. The van der Waals surface area contributed by atoms with Crippen LogP contribution in [0.4, 0.5) is 17.8 Å². The van der Waals surface area contributed by atoms with Crippen LogP contribution in [0.5, 0.6) is 0 Å². The van der Waals surface area contributed by atoms with Crippen LogP contribution in [0.2, 0.25) is 0 Å². The van der Waals surface area contributed by atoms with E-state index in [4.69, 9.17) is 28.7 Å². The first kappa shape index (κ1) is 20.0. The predicted octanol–water partition coefficient (Wildman–Crippen LogP) is -2.64. The molecular formula is C16H33N11. The first-order chi connectivity index (χ1) is 12.9. The van der Waals surface area contributed by atoms with Gasteiger partial charge in [-0.3, -0.25) is 0 Å². The van der Waals surface area contributed by atoms with Gasteiger partial charge in [0.1, 0.15) is 0 Å². The van der Waals surface area contributed by atoms with Crippen molar-refractivity contribution >= 4 is 17.8 Å². The van der Waals surface area contributed by atoms with Gasteiger partial charge in [-0.25, -0.2) is 0 Å². The summed E-state index contributed by atoms with van der Waals surface area (Å²) in [6, 6.07) is -0.00205. The number of nitrogens with one attached hydrogen (secondary N) is 1. The summed E-state index contributed by atoms with van der Waals surface area (Å²) in [5.41, 5.74) is 30.1. The van der Waals surface area contributed by atoms with E-state index < -0.39 is 0 Å². The highest BCUT2D eigenvalue weighted by atomic mass is 15.4. The summed E-state index contributed by atoms with van der Waals surface area (Å²) in [6.07, 6.45) is 2.42. The van der Waals surface area contributed by atoms with Gasteiger partial charge in [-0.05, 0) is 25.8 Å². The lowest BCUT2D eigenvalue weighted by Crippen LogP contribution is -2.54. The van der Waals surface area contributed by atoms with Crippen molar-refractivity contribution in [2.45, 2.75) is 43.4 Å². The van der Waals surface area contributed by atoms with Crippen molar-refractivity contribution < 1.29 is 0 Å². The number of anilines is 3. The van der Waals surface area contributed by atoms with Crippen LogP contribution in [0.15, 0.2) is 0 Å². The minimum Gasteiger partial charge on any atom is -0.354 e. The molecule has 11 N–H and O–H groups in total. The second-order valence-corrected chi connectivity index (χ2v) is 7.65. The van der Waals surface area contributed by atoms with E-state index in [0.717, 1.165) is 19.3 Å². The number of piperidine rings is 2. The van der Waals surface area contributed by atoms with Gasteiger partial charge >= 0.3 is 0 Å². The van der Waals surface area contributed by atoms with Crippen molar-refractivity contribution in [1.82, 2.24) is 15.0 Å². The number of rotatable bonds is 6. The lowest BCUT2D eigenvalue weighted by molar-refractivity contribution is 0.441. The summed E-state index contributed by atoms with van der Waals surface area (Å²) in [4.78, 5) is 17.9. The molecule has 11 nitrogen and oxygen atoms in total. The Morgan fingerprint density at radius 3 is 1.63 bits per heavy atom. The summed E-state index contributed by atoms with van der Waals surface area (Å²) in [7, 11) is 0. The first-order valence-corrected chi connectivity index (χ1v) is 9.66. The Bertz CT molecular complexity index is 548. The van der Waals surface area contributed by atoms with Crippen LogP contribution in [0.25, 0.3) is 0 Å². The Balaban J connectivity index is 1.86. The van der Waals surface area contributed by atoms with Crippen LogP contribution < -0.4 is 43.8 Å². The molecule has 0 aromatic carbocycles. The third-order valence-electron chi connectivity index (χ3n) is 4.87. The second kappa shape index (κ2) is 8.93. The number of aromatic nitrogens is 3. The van der Waals surface area contributed by atoms with E-state index in [0.29, 0.717) is 57.1 Å². The van der Waals surface area contributed by atoms with Crippen LogP contribution in [-0.4, -0.2) is 78.4 Å².